The van der Waals surface area contributed by atoms with Crippen LogP contribution in [-0.2, 0) is 0 Å². The lowest BCUT2D eigenvalue weighted by atomic mass is 9.90. The van der Waals surface area contributed by atoms with Crippen molar-refractivity contribution < 1.29 is 0 Å². The molecule has 0 atom stereocenters. The van der Waals surface area contributed by atoms with Crippen LogP contribution < -0.4 is 0 Å². The minimum Gasteiger partial charge on any atom is -0.0622 e. The SMILES string of the molecule is Cc1cc(-c2ccccc2)c(C#Cc2ccccc2)c(-c2ccccc2)c1. The summed E-state index contributed by atoms with van der Waals surface area (Å²) in [6.07, 6.45) is 0. The Morgan fingerprint density at radius 3 is 1.44 bits per heavy atom. The van der Waals surface area contributed by atoms with Crippen LogP contribution in [-0.4, -0.2) is 0 Å². The molecule has 0 aromatic heterocycles. The summed E-state index contributed by atoms with van der Waals surface area (Å²) in [4.78, 5) is 0. The fourth-order valence-corrected chi connectivity index (χ4v) is 3.27. The van der Waals surface area contributed by atoms with Crippen LogP contribution in [0.25, 0.3) is 22.3 Å². The van der Waals surface area contributed by atoms with Gasteiger partial charge in [0.1, 0.15) is 0 Å². The Morgan fingerprint density at radius 2 is 0.963 bits per heavy atom. The van der Waals surface area contributed by atoms with Crippen LogP contribution in [0.2, 0.25) is 0 Å². The first kappa shape index (κ1) is 16.9. The molecule has 4 aromatic carbocycles. The Hall–Kier alpha value is -3.56. The van der Waals surface area contributed by atoms with Crippen molar-refractivity contribution in [3.8, 4) is 34.1 Å². The fourth-order valence-electron chi connectivity index (χ4n) is 3.27. The van der Waals surface area contributed by atoms with Gasteiger partial charge in [-0.1, -0.05) is 103 Å². The van der Waals surface area contributed by atoms with E-state index in [-0.39, 0.29) is 0 Å². The number of aryl methyl sites for hydroxylation is 1. The van der Waals surface area contributed by atoms with Crippen LogP contribution in [0.5, 0.6) is 0 Å². The lowest BCUT2D eigenvalue weighted by molar-refractivity contribution is 1.44. The first-order valence-corrected chi connectivity index (χ1v) is 9.14. The minimum atomic E-state index is 1.02. The van der Waals surface area contributed by atoms with E-state index in [1.165, 1.54) is 27.8 Å². The Labute approximate surface area is 161 Å². The highest BCUT2D eigenvalue weighted by Crippen LogP contribution is 2.33. The van der Waals surface area contributed by atoms with Gasteiger partial charge in [-0.15, -0.1) is 0 Å². The maximum atomic E-state index is 3.47. The summed E-state index contributed by atoms with van der Waals surface area (Å²) in [6.45, 7) is 2.15. The van der Waals surface area contributed by atoms with Crippen molar-refractivity contribution in [2.45, 2.75) is 6.92 Å². The molecule has 0 amide bonds. The first-order valence-electron chi connectivity index (χ1n) is 9.14. The van der Waals surface area contributed by atoms with Crippen LogP contribution in [0.15, 0.2) is 103 Å². The molecule has 0 saturated carbocycles. The lowest BCUT2D eigenvalue weighted by Gasteiger charge is -2.13. The van der Waals surface area contributed by atoms with Crippen molar-refractivity contribution in [3.05, 3.63) is 120 Å². The zero-order valence-corrected chi connectivity index (χ0v) is 15.3. The van der Waals surface area contributed by atoms with Crippen LogP contribution in [0.4, 0.5) is 0 Å². The molecule has 128 valence electrons. The normalized spacial score (nSPS) is 10.1. The largest absolute Gasteiger partial charge is 0.0622 e. The monoisotopic (exact) mass is 344 g/mol. The molecule has 4 aromatic rings. The highest BCUT2D eigenvalue weighted by Gasteiger charge is 2.11. The minimum absolute atomic E-state index is 1.02. The third-order valence-electron chi connectivity index (χ3n) is 4.56. The van der Waals surface area contributed by atoms with Gasteiger partial charge in [0.2, 0.25) is 0 Å². The predicted octanol–water partition coefficient (Wildman–Crippen LogP) is 6.73. The maximum Gasteiger partial charge on any atom is 0.0406 e. The van der Waals surface area contributed by atoms with E-state index in [0.717, 1.165) is 11.1 Å². The average Bonchev–Trinajstić information content (AvgIpc) is 2.74. The molecular formula is C27H20. The van der Waals surface area contributed by atoms with Crippen molar-refractivity contribution in [1.82, 2.24) is 0 Å². The summed E-state index contributed by atoms with van der Waals surface area (Å²) >= 11 is 0. The summed E-state index contributed by atoms with van der Waals surface area (Å²) < 4.78 is 0. The number of benzene rings is 4. The van der Waals surface area contributed by atoms with Gasteiger partial charge in [0, 0.05) is 11.1 Å². The molecule has 0 aliphatic carbocycles. The van der Waals surface area contributed by atoms with Crippen molar-refractivity contribution >= 4 is 0 Å². The molecule has 0 aliphatic heterocycles. The molecule has 4 rings (SSSR count). The predicted molar refractivity (Wildman–Crippen MR) is 114 cm³/mol. The third kappa shape index (κ3) is 3.84. The van der Waals surface area contributed by atoms with Crippen molar-refractivity contribution in [2.75, 3.05) is 0 Å². The van der Waals surface area contributed by atoms with Gasteiger partial charge in [0.05, 0.1) is 0 Å². The third-order valence-corrected chi connectivity index (χ3v) is 4.56. The van der Waals surface area contributed by atoms with Gasteiger partial charge in [-0.05, 0) is 46.9 Å². The molecule has 0 bridgehead atoms. The smallest absolute Gasteiger partial charge is 0.0406 e. The molecule has 0 heteroatoms. The Morgan fingerprint density at radius 1 is 0.519 bits per heavy atom. The van der Waals surface area contributed by atoms with E-state index >= 15 is 0 Å². The summed E-state index contributed by atoms with van der Waals surface area (Å²) in [7, 11) is 0. The van der Waals surface area contributed by atoms with E-state index in [0.29, 0.717) is 0 Å². The molecule has 27 heavy (non-hydrogen) atoms. The van der Waals surface area contributed by atoms with E-state index in [4.69, 9.17) is 0 Å². The van der Waals surface area contributed by atoms with Crippen molar-refractivity contribution in [1.29, 1.82) is 0 Å². The van der Waals surface area contributed by atoms with Gasteiger partial charge in [0.25, 0.3) is 0 Å². The number of hydrogen-bond acceptors (Lipinski definition) is 0. The highest BCUT2D eigenvalue weighted by molar-refractivity contribution is 5.83. The second kappa shape index (κ2) is 7.77. The number of rotatable bonds is 2. The molecule has 0 saturated heterocycles. The average molecular weight is 344 g/mol. The van der Waals surface area contributed by atoms with Gasteiger partial charge in [-0.2, -0.15) is 0 Å². The molecule has 0 unspecified atom stereocenters. The quantitative estimate of drug-likeness (QED) is 0.354. The Kier molecular flexibility index (Phi) is 4.86. The van der Waals surface area contributed by atoms with Gasteiger partial charge in [-0.25, -0.2) is 0 Å². The van der Waals surface area contributed by atoms with Crippen molar-refractivity contribution in [2.24, 2.45) is 0 Å². The van der Waals surface area contributed by atoms with Gasteiger partial charge in [0.15, 0.2) is 0 Å². The van der Waals surface area contributed by atoms with Gasteiger partial charge in [-0.3, -0.25) is 0 Å². The van der Waals surface area contributed by atoms with Crippen LogP contribution in [0.3, 0.4) is 0 Å². The van der Waals surface area contributed by atoms with Gasteiger partial charge >= 0.3 is 0 Å². The van der Waals surface area contributed by atoms with Crippen LogP contribution in [0, 0.1) is 18.8 Å². The lowest BCUT2D eigenvalue weighted by Crippen LogP contribution is -1.92. The zero-order valence-electron chi connectivity index (χ0n) is 15.3. The van der Waals surface area contributed by atoms with Gasteiger partial charge < -0.3 is 0 Å². The standard InChI is InChI=1S/C27H20/c1-21-19-26(23-13-7-3-8-14-23)25(18-17-22-11-5-2-6-12-22)27(20-21)24-15-9-4-10-16-24/h2-16,19-20H,1H3. The topological polar surface area (TPSA) is 0 Å². The molecule has 0 nitrogen and oxygen atoms in total. The molecule has 0 spiro atoms. The van der Waals surface area contributed by atoms with E-state index in [2.05, 4.69) is 79.4 Å². The first-order chi connectivity index (χ1) is 13.3. The summed E-state index contributed by atoms with van der Waals surface area (Å²) in [6, 6.07) is 35.6. The maximum absolute atomic E-state index is 3.47. The second-order valence-corrected chi connectivity index (χ2v) is 6.58. The second-order valence-electron chi connectivity index (χ2n) is 6.58. The summed E-state index contributed by atoms with van der Waals surface area (Å²) in [5, 5.41) is 0. The summed E-state index contributed by atoms with van der Waals surface area (Å²) in [5.74, 6) is 6.82. The van der Waals surface area contributed by atoms with E-state index in [9.17, 15) is 0 Å². The number of hydrogen-bond donors (Lipinski definition) is 0. The molecule has 0 heterocycles. The molecule has 0 fully saturated rings. The highest BCUT2D eigenvalue weighted by atomic mass is 14.1. The Bertz CT molecular complexity index is 1040. The fraction of sp³-hybridized carbons (Fsp3) is 0.0370. The Balaban J connectivity index is 1.97. The van der Waals surface area contributed by atoms with E-state index < -0.39 is 0 Å². The van der Waals surface area contributed by atoms with Crippen LogP contribution in [0.1, 0.15) is 16.7 Å². The van der Waals surface area contributed by atoms with E-state index in [1.807, 2.05) is 42.5 Å². The van der Waals surface area contributed by atoms with E-state index in [1.54, 1.807) is 0 Å². The molecular weight excluding hydrogens is 324 g/mol. The zero-order chi connectivity index (χ0) is 18.5. The molecule has 0 aliphatic rings. The summed E-state index contributed by atoms with van der Waals surface area (Å²) in [5.41, 5.74) is 8.07. The molecule has 0 N–H and O–H groups in total. The van der Waals surface area contributed by atoms with Crippen LogP contribution >= 0.6 is 0 Å². The van der Waals surface area contributed by atoms with Crippen molar-refractivity contribution in [3.63, 3.8) is 0 Å². The molecule has 0 radical (unpaired) electrons.